The Morgan fingerprint density at radius 1 is 1.42 bits per heavy atom. The number of hydrogen-bond acceptors (Lipinski definition) is 3. The lowest BCUT2D eigenvalue weighted by Gasteiger charge is -2.22. The number of fused-ring (bicyclic) bond motifs is 1. The summed E-state index contributed by atoms with van der Waals surface area (Å²) in [6.07, 6.45) is 2.27. The number of benzene rings is 1. The van der Waals surface area contributed by atoms with Crippen LogP contribution in [0.15, 0.2) is 18.2 Å². The van der Waals surface area contributed by atoms with Gasteiger partial charge in [0.1, 0.15) is 0 Å². The average molecular weight is 260 g/mol. The van der Waals surface area contributed by atoms with Gasteiger partial charge in [-0.3, -0.25) is 9.59 Å². The highest BCUT2D eigenvalue weighted by Crippen LogP contribution is 2.31. The fourth-order valence-corrected chi connectivity index (χ4v) is 2.74. The summed E-state index contributed by atoms with van der Waals surface area (Å²) >= 11 is 0. The maximum absolute atomic E-state index is 11.9. The number of hydrogen-bond donors (Lipinski definition) is 2. The molecule has 2 N–H and O–H groups in total. The highest BCUT2D eigenvalue weighted by atomic mass is 16.4. The monoisotopic (exact) mass is 260 g/mol. The molecule has 2 heterocycles. The molecular formula is C14H16N2O3. The van der Waals surface area contributed by atoms with E-state index in [0.29, 0.717) is 0 Å². The molecule has 5 nitrogen and oxygen atoms in total. The summed E-state index contributed by atoms with van der Waals surface area (Å²) in [5.74, 6) is -1.59. The molecule has 19 heavy (non-hydrogen) atoms. The van der Waals surface area contributed by atoms with Crippen LogP contribution in [0.25, 0.3) is 0 Å². The predicted molar refractivity (Wildman–Crippen MR) is 71.3 cm³/mol. The fraction of sp³-hybridized carbons (Fsp3) is 0.429. The van der Waals surface area contributed by atoms with Gasteiger partial charge in [0, 0.05) is 30.9 Å². The van der Waals surface area contributed by atoms with Crippen LogP contribution in [0, 0.1) is 5.92 Å². The number of carbonyl (C=O) groups excluding carboxylic acids is 1. The fourth-order valence-electron chi connectivity index (χ4n) is 2.74. The van der Waals surface area contributed by atoms with Crippen LogP contribution in [0.1, 0.15) is 18.4 Å². The summed E-state index contributed by atoms with van der Waals surface area (Å²) in [4.78, 5) is 24.4. The molecule has 2 aliphatic rings. The Hall–Kier alpha value is -2.04. The minimum Gasteiger partial charge on any atom is -0.481 e. The number of amides is 1. The van der Waals surface area contributed by atoms with Crippen molar-refractivity contribution in [1.82, 2.24) is 0 Å². The third-order valence-electron chi connectivity index (χ3n) is 3.82. The number of nitrogens with one attached hydrogen (secondary N) is 1. The van der Waals surface area contributed by atoms with Crippen LogP contribution in [0.3, 0.4) is 0 Å². The number of anilines is 2. The summed E-state index contributed by atoms with van der Waals surface area (Å²) in [6, 6.07) is 5.89. The lowest BCUT2D eigenvalue weighted by atomic mass is 10.0. The molecule has 0 aromatic heterocycles. The Balaban J connectivity index is 1.86. The Morgan fingerprint density at radius 3 is 3.00 bits per heavy atom. The normalized spacial score (nSPS) is 22.0. The molecule has 1 fully saturated rings. The highest BCUT2D eigenvalue weighted by molar-refractivity contribution is 5.99. The second-order valence-electron chi connectivity index (χ2n) is 5.12. The van der Waals surface area contributed by atoms with Crippen molar-refractivity contribution in [1.29, 1.82) is 0 Å². The Labute approximate surface area is 111 Å². The van der Waals surface area contributed by atoms with Gasteiger partial charge >= 0.3 is 5.97 Å². The molecule has 1 aromatic rings. The van der Waals surface area contributed by atoms with E-state index >= 15 is 0 Å². The van der Waals surface area contributed by atoms with Gasteiger partial charge in [0.2, 0.25) is 5.91 Å². The van der Waals surface area contributed by atoms with Gasteiger partial charge in [-0.2, -0.15) is 0 Å². The maximum Gasteiger partial charge on any atom is 0.308 e. The minimum absolute atomic E-state index is 0.0971. The van der Waals surface area contributed by atoms with Crippen LogP contribution in [-0.4, -0.2) is 30.1 Å². The lowest BCUT2D eigenvalue weighted by molar-refractivity contribution is -0.141. The lowest BCUT2D eigenvalue weighted by Crippen LogP contribution is -2.26. The average Bonchev–Trinajstić information content (AvgIpc) is 2.80. The number of aryl methyl sites for hydroxylation is 1. The van der Waals surface area contributed by atoms with E-state index in [1.165, 1.54) is 5.56 Å². The molecule has 0 aliphatic carbocycles. The number of nitrogens with zero attached hydrogens (tertiary/aromatic N) is 1. The zero-order valence-electron chi connectivity index (χ0n) is 10.6. The number of rotatable bonds is 2. The standard InChI is InChI=1S/C14H16N2O3/c17-13-6-10(14(18)19)8-16(13)11-4-3-9-2-1-5-15-12(9)7-11/h3-4,7,10,15H,1-2,5-6,8H2,(H,18,19). The van der Waals surface area contributed by atoms with Crippen LogP contribution < -0.4 is 10.2 Å². The van der Waals surface area contributed by atoms with E-state index in [9.17, 15) is 9.59 Å². The first-order chi connectivity index (χ1) is 9.15. The molecule has 3 rings (SSSR count). The van der Waals surface area contributed by atoms with E-state index in [4.69, 9.17) is 5.11 Å². The SMILES string of the molecule is O=C(O)C1CC(=O)N(c2ccc3c(c2)NCCC3)C1. The molecule has 5 heteroatoms. The van der Waals surface area contributed by atoms with Gasteiger partial charge in [0.25, 0.3) is 0 Å². The first-order valence-corrected chi connectivity index (χ1v) is 6.55. The van der Waals surface area contributed by atoms with Crippen molar-refractivity contribution in [2.45, 2.75) is 19.3 Å². The van der Waals surface area contributed by atoms with Crippen molar-refractivity contribution in [2.75, 3.05) is 23.3 Å². The molecule has 0 radical (unpaired) electrons. The molecule has 1 aromatic carbocycles. The number of carboxylic acids is 1. The summed E-state index contributed by atoms with van der Waals surface area (Å²) in [5.41, 5.74) is 3.12. The van der Waals surface area contributed by atoms with Crippen LogP contribution in [0.2, 0.25) is 0 Å². The van der Waals surface area contributed by atoms with Crippen molar-refractivity contribution >= 4 is 23.3 Å². The van der Waals surface area contributed by atoms with Gasteiger partial charge in [-0.05, 0) is 30.5 Å². The summed E-state index contributed by atoms with van der Waals surface area (Å²) in [7, 11) is 0. The molecule has 2 aliphatic heterocycles. The number of carboxylic acid groups (broad SMARTS) is 1. The summed E-state index contributed by atoms with van der Waals surface area (Å²) in [5, 5.41) is 12.3. The summed E-state index contributed by atoms with van der Waals surface area (Å²) < 4.78 is 0. The largest absolute Gasteiger partial charge is 0.481 e. The molecule has 1 unspecified atom stereocenters. The highest BCUT2D eigenvalue weighted by Gasteiger charge is 2.35. The minimum atomic E-state index is -0.896. The maximum atomic E-state index is 11.9. The second-order valence-corrected chi connectivity index (χ2v) is 5.12. The van der Waals surface area contributed by atoms with Gasteiger partial charge in [-0.25, -0.2) is 0 Å². The van der Waals surface area contributed by atoms with Crippen molar-refractivity contribution in [3.8, 4) is 0 Å². The number of carbonyl (C=O) groups is 2. The molecule has 0 spiro atoms. The van der Waals surface area contributed by atoms with Gasteiger partial charge in [-0.1, -0.05) is 6.07 Å². The Bertz CT molecular complexity index is 541. The first-order valence-electron chi connectivity index (χ1n) is 6.55. The second kappa shape index (κ2) is 4.57. The third kappa shape index (κ3) is 2.16. The molecule has 1 amide bonds. The van der Waals surface area contributed by atoms with Gasteiger partial charge in [0.15, 0.2) is 0 Å². The van der Waals surface area contributed by atoms with E-state index in [1.54, 1.807) is 4.90 Å². The molecule has 0 saturated carbocycles. The Morgan fingerprint density at radius 2 is 2.26 bits per heavy atom. The van der Waals surface area contributed by atoms with E-state index in [1.807, 2.05) is 18.2 Å². The predicted octanol–water partition coefficient (Wildman–Crippen LogP) is 1.48. The van der Waals surface area contributed by atoms with E-state index in [-0.39, 0.29) is 18.9 Å². The van der Waals surface area contributed by atoms with Crippen molar-refractivity contribution in [3.63, 3.8) is 0 Å². The zero-order valence-corrected chi connectivity index (χ0v) is 10.6. The van der Waals surface area contributed by atoms with Crippen molar-refractivity contribution in [3.05, 3.63) is 23.8 Å². The quantitative estimate of drug-likeness (QED) is 0.845. The zero-order chi connectivity index (χ0) is 13.4. The molecule has 100 valence electrons. The van der Waals surface area contributed by atoms with E-state index in [0.717, 1.165) is 30.8 Å². The van der Waals surface area contributed by atoms with Crippen molar-refractivity contribution in [2.24, 2.45) is 5.92 Å². The topological polar surface area (TPSA) is 69.6 Å². The van der Waals surface area contributed by atoms with E-state index in [2.05, 4.69) is 5.32 Å². The molecule has 0 bridgehead atoms. The van der Waals surface area contributed by atoms with Gasteiger partial charge in [-0.15, -0.1) is 0 Å². The van der Waals surface area contributed by atoms with Crippen molar-refractivity contribution < 1.29 is 14.7 Å². The van der Waals surface area contributed by atoms with Crippen LogP contribution >= 0.6 is 0 Å². The first kappa shape index (κ1) is 12.0. The molecule has 1 atom stereocenters. The third-order valence-corrected chi connectivity index (χ3v) is 3.82. The van der Waals surface area contributed by atoms with Crippen LogP contribution in [-0.2, 0) is 16.0 Å². The molecule has 1 saturated heterocycles. The number of aliphatic carboxylic acids is 1. The van der Waals surface area contributed by atoms with E-state index < -0.39 is 11.9 Å². The van der Waals surface area contributed by atoms with Gasteiger partial charge in [0.05, 0.1) is 5.92 Å². The summed E-state index contributed by atoms with van der Waals surface area (Å²) in [6.45, 7) is 1.22. The smallest absolute Gasteiger partial charge is 0.308 e. The van der Waals surface area contributed by atoms with Crippen LogP contribution in [0.5, 0.6) is 0 Å². The van der Waals surface area contributed by atoms with Gasteiger partial charge < -0.3 is 15.3 Å². The molecular weight excluding hydrogens is 244 g/mol. The Kier molecular flexibility index (Phi) is 2.89. The van der Waals surface area contributed by atoms with Crippen LogP contribution in [0.4, 0.5) is 11.4 Å².